The minimum absolute atomic E-state index is 0.00363. The maximum atomic E-state index is 12.4. The minimum Gasteiger partial charge on any atom is -0.481 e. The Kier molecular flexibility index (Phi) is 3.18. The molecule has 1 N–H and O–H groups in total. The van der Waals surface area contributed by atoms with Crippen molar-refractivity contribution < 1.29 is 19.5 Å². The van der Waals surface area contributed by atoms with E-state index in [1.54, 1.807) is 16.8 Å². The number of carboxylic acid groups (broad SMARTS) is 1. The highest BCUT2D eigenvalue weighted by atomic mass is 16.4. The van der Waals surface area contributed by atoms with Gasteiger partial charge < -0.3 is 14.9 Å². The van der Waals surface area contributed by atoms with Crippen molar-refractivity contribution in [2.45, 2.75) is 19.3 Å². The smallest absolute Gasteiger partial charge is 0.308 e. The molecule has 6 nitrogen and oxygen atoms in total. The van der Waals surface area contributed by atoms with Gasteiger partial charge in [-0.25, -0.2) is 0 Å². The van der Waals surface area contributed by atoms with Gasteiger partial charge in [-0.2, -0.15) is 0 Å². The molecule has 1 unspecified atom stereocenters. The van der Waals surface area contributed by atoms with E-state index in [1.807, 2.05) is 0 Å². The largest absolute Gasteiger partial charge is 0.481 e. The molecular weight excluding hydrogens is 260 g/mol. The number of carbonyl (C=O) groups excluding carboxylic acids is 2. The monoisotopic (exact) mass is 280 g/mol. The van der Waals surface area contributed by atoms with Crippen molar-refractivity contribution in [1.82, 2.24) is 9.80 Å². The number of rotatable bonds is 3. The van der Waals surface area contributed by atoms with Crippen molar-refractivity contribution in [1.29, 1.82) is 0 Å². The lowest BCUT2D eigenvalue weighted by molar-refractivity contribution is -0.143. The van der Waals surface area contributed by atoms with Crippen LogP contribution < -0.4 is 0 Å². The first kappa shape index (κ1) is 13.4. The molecule has 3 fully saturated rings. The average Bonchev–Trinajstić information content (AvgIpc) is 3.05. The molecule has 0 spiro atoms. The molecule has 2 amide bonds. The third-order valence-electron chi connectivity index (χ3n) is 4.91. The van der Waals surface area contributed by atoms with E-state index in [2.05, 4.69) is 0 Å². The summed E-state index contributed by atoms with van der Waals surface area (Å²) >= 11 is 0. The summed E-state index contributed by atoms with van der Waals surface area (Å²) in [6.45, 7) is 1.32. The van der Waals surface area contributed by atoms with E-state index in [4.69, 9.17) is 0 Å². The van der Waals surface area contributed by atoms with Crippen LogP contribution >= 0.6 is 0 Å². The van der Waals surface area contributed by atoms with Gasteiger partial charge in [-0.15, -0.1) is 0 Å². The van der Waals surface area contributed by atoms with Crippen LogP contribution in [0, 0.1) is 23.7 Å². The van der Waals surface area contributed by atoms with Gasteiger partial charge in [0.2, 0.25) is 11.8 Å². The Balaban J connectivity index is 1.67. The van der Waals surface area contributed by atoms with Gasteiger partial charge in [0, 0.05) is 33.1 Å². The molecule has 1 saturated carbocycles. The molecule has 0 bridgehead atoms. The SMILES string of the molecule is CN1CC(C(=O)N2C[C@H](C(=O)O)[C@@H](C3CC3)C2)CC1=O. The highest BCUT2D eigenvalue weighted by molar-refractivity contribution is 5.89. The third kappa shape index (κ3) is 2.27. The minimum atomic E-state index is -0.795. The number of likely N-dealkylation sites (tertiary alicyclic amines) is 2. The van der Waals surface area contributed by atoms with Gasteiger partial charge in [-0.1, -0.05) is 0 Å². The van der Waals surface area contributed by atoms with E-state index in [0.29, 0.717) is 25.6 Å². The molecule has 0 aromatic carbocycles. The van der Waals surface area contributed by atoms with Crippen LogP contribution in [-0.2, 0) is 14.4 Å². The van der Waals surface area contributed by atoms with Gasteiger partial charge >= 0.3 is 5.97 Å². The van der Waals surface area contributed by atoms with Crippen molar-refractivity contribution in [3.05, 3.63) is 0 Å². The fourth-order valence-electron chi connectivity index (χ4n) is 3.56. The zero-order chi connectivity index (χ0) is 14.4. The van der Waals surface area contributed by atoms with Crippen molar-refractivity contribution in [3.63, 3.8) is 0 Å². The number of carboxylic acids is 1. The summed E-state index contributed by atoms with van der Waals surface area (Å²) in [6.07, 6.45) is 2.43. The summed E-state index contributed by atoms with van der Waals surface area (Å²) in [5.74, 6) is -0.987. The molecule has 6 heteroatoms. The lowest BCUT2D eigenvalue weighted by Crippen LogP contribution is -2.36. The van der Waals surface area contributed by atoms with E-state index in [1.165, 1.54) is 0 Å². The first-order valence-electron chi connectivity index (χ1n) is 7.23. The highest BCUT2D eigenvalue weighted by Gasteiger charge is 2.48. The summed E-state index contributed by atoms with van der Waals surface area (Å²) in [7, 11) is 1.70. The van der Waals surface area contributed by atoms with E-state index in [9.17, 15) is 19.5 Å². The van der Waals surface area contributed by atoms with Crippen LogP contribution in [0.4, 0.5) is 0 Å². The van der Waals surface area contributed by atoms with E-state index < -0.39 is 11.9 Å². The van der Waals surface area contributed by atoms with Crippen LogP contribution in [-0.4, -0.2) is 59.4 Å². The summed E-state index contributed by atoms with van der Waals surface area (Å²) in [4.78, 5) is 38.6. The second-order valence-corrected chi connectivity index (χ2v) is 6.36. The fourth-order valence-corrected chi connectivity index (χ4v) is 3.56. The third-order valence-corrected chi connectivity index (χ3v) is 4.91. The van der Waals surface area contributed by atoms with Gasteiger partial charge in [-0.05, 0) is 24.7 Å². The summed E-state index contributed by atoms with van der Waals surface area (Å²) in [6, 6.07) is 0. The number of aliphatic carboxylic acids is 1. The second-order valence-electron chi connectivity index (χ2n) is 6.36. The Bertz CT molecular complexity index is 460. The Morgan fingerprint density at radius 2 is 1.90 bits per heavy atom. The molecule has 0 aromatic heterocycles. The van der Waals surface area contributed by atoms with Gasteiger partial charge in [0.15, 0.2) is 0 Å². The topological polar surface area (TPSA) is 77.9 Å². The number of amides is 2. The summed E-state index contributed by atoms with van der Waals surface area (Å²) in [5, 5.41) is 9.31. The molecule has 3 aliphatic rings. The summed E-state index contributed by atoms with van der Waals surface area (Å²) < 4.78 is 0. The quantitative estimate of drug-likeness (QED) is 0.791. The molecule has 2 aliphatic heterocycles. The Morgan fingerprint density at radius 1 is 1.20 bits per heavy atom. The van der Waals surface area contributed by atoms with Crippen LogP contribution in [0.2, 0.25) is 0 Å². The van der Waals surface area contributed by atoms with Gasteiger partial charge in [0.1, 0.15) is 0 Å². The standard InChI is InChI=1S/C14H20N2O4/c1-15-5-9(4-12(15)17)13(18)16-6-10(8-2-3-8)11(7-16)14(19)20/h8-11H,2-7H2,1H3,(H,19,20)/t9?,10-,11+/m1/s1. The zero-order valence-electron chi connectivity index (χ0n) is 11.6. The molecule has 110 valence electrons. The van der Waals surface area contributed by atoms with Crippen LogP contribution in [0.15, 0.2) is 0 Å². The molecule has 2 saturated heterocycles. The molecule has 0 aromatic rings. The van der Waals surface area contributed by atoms with Crippen molar-refractivity contribution in [3.8, 4) is 0 Å². The van der Waals surface area contributed by atoms with Gasteiger partial charge in [0.25, 0.3) is 0 Å². The number of carbonyl (C=O) groups is 3. The van der Waals surface area contributed by atoms with E-state index in [0.717, 1.165) is 12.8 Å². The fraction of sp³-hybridized carbons (Fsp3) is 0.786. The Labute approximate surface area is 117 Å². The number of hydrogen-bond donors (Lipinski definition) is 1. The molecule has 1 aliphatic carbocycles. The van der Waals surface area contributed by atoms with Crippen molar-refractivity contribution in [2.24, 2.45) is 23.7 Å². The Hall–Kier alpha value is -1.59. The van der Waals surface area contributed by atoms with E-state index >= 15 is 0 Å². The van der Waals surface area contributed by atoms with Crippen molar-refractivity contribution in [2.75, 3.05) is 26.7 Å². The van der Waals surface area contributed by atoms with Crippen molar-refractivity contribution >= 4 is 17.8 Å². The molecule has 2 heterocycles. The van der Waals surface area contributed by atoms with Gasteiger partial charge in [-0.3, -0.25) is 14.4 Å². The van der Waals surface area contributed by atoms with Crippen LogP contribution in [0.3, 0.4) is 0 Å². The molecule has 0 radical (unpaired) electrons. The highest BCUT2D eigenvalue weighted by Crippen LogP contribution is 2.44. The van der Waals surface area contributed by atoms with Crippen LogP contribution in [0.5, 0.6) is 0 Å². The molecule has 3 rings (SSSR count). The number of hydrogen-bond acceptors (Lipinski definition) is 3. The lowest BCUT2D eigenvalue weighted by Gasteiger charge is -2.20. The lowest BCUT2D eigenvalue weighted by atomic mass is 9.92. The Morgan fingerprint density at radius 3 is 2.40 bits per heavy atom. The molecular formula is C14H20N2O4. The second kappa shape index (κ2) is 4.75. The summed E-state index contributed by atoms with van der Waals surface area (Å²) in [5.41, 5.74) is 0. The maximum absolute atomic E-state index is 12.4. The molecule has 3 atom stereocenters. The zero-order valence-corrected chi connectivity index (χ0v) is 11.6. The maximum Gasteiger partial charge on any atom is 0.308 e. The van der Waals surface area contributed by atoms with Crippen LogP contribution in [0.1, 0.15) is 19.3 Å². The van der Waals surface area contributed by atoms with E-state index in [-0.39, 0.29) is 30.1 Å². The average molecular weight is 280 g/mol. The predicted octanol–water partition coefficient (Wildman–Crippen LogP) is 0.0339. The first-order chi connectivity index (χ1) is 9.47. The first-order valence-corrected chi connectivity index (χ1v) is 7.23. The predicted molar refractivity (Wildman–Crippen MR) is 69.7 cm³/mol. The van der Waals surface area contributed by atoms with Gasteiger partial charge in [0.05, 0.1) is 11.8 Å². The van der Waals surface area contributed by atoms with Crippen LogP contribution in [0.25, 0.3) is 0 Å². The number of nitrogens with zero attached hydrogens (tertiary/aromatic N) is 2. The normalized spacial score (nSPS) is 33.9. The molecule has 20 heavy (non-hydrogen) atoms.